The number of halogens is 1. The van der Waals surface area contributed by atoms with Gasteiger partial charge in [0.2, 0.25) is 0 Å². The molecule has 1 aromatic heterocycles. The topological polar surface area (TPSA) is 78.4 Å². The van der Waals surface area contributed by atoms with Gasteiger partial charge >= 0.3 is 0 Å². The van der Waals surface area contributed by atoms with Crippen LogP contribution in [0.2, 0.25) is 5.02 Å². The standard InChI is InChI=1S/C18H17ClN2O3/c1-3-11-8-14(16(23)9-15(11)22)17-18(10(2)20-21-17)24-13-6-4-12(19)5-7-13/h4-9,22-23H,3H2,1-2H3,(H,20,21). The number of phenols is 2. The number of rotatable bonds is 4. The third-order valence-electron chi connectivity index (χ3n) is 3.76. The van der Waals surface area contributed by atoms with Crippen molar-refractivity contribution in [1.82, 2.24) is 10.2 Å². The van der Waals surface area contributed by atoms with Crippen molar-refractivity contribution >= 4 is 11.6 Å². The number of hydrogen-bond donors (Lipinski definition) is 3. The molecule has 0 aliphatic carbocycles. The summed E-state index contributed by atoms with van der Waals surface area (Å²) in [6, 6.07) is 10.0. The average molecular weight is 345 g/mol. The molecule has 3 rings (SSSR count). The minimum atomic E-state index is -0.0582. The fraction of sp³-hybridized carbons (Fsp3) is 0.167. The van der Waals surface area contributed by atoms with E-state index in [0.717, 1.165) is 11.3 Å². The van der Waals surface area contributed by atoms with Crippen LogP contribution in [0, 0.1) is 6.92 Å². The van der Waals surface area contributed by atoms with E-state index < -0.39 is 0 Å². The predicted molar refractivity (Wildman–Crippen MR) is 93.0 cm³/mol. The van der Waals surface area contributed by atoms with E-state index in [4.69, 9.17) is 16.3 Å². The third kappa shape index (κ3) is 3.03. The van der Waals surface area contributed by atoms with Crippen molar-refractivity contribution in [3.63, 3.8) is 0 Å². The van der Waals surface area contributed by atoms with E-state index in [-0.39, 0.29) is 11.5 Å². The van der Waals surface area contributed by atoms with Crippen LogP contribution in [-0.2, 0) is 6.42 Å². The van der Waals surface area contributed by atoms with E-state index in [0.29, 0.717) is 34.2 Å². The molecule has 0 spiro atoms. The molecule has 0 radical (unpaired) electrons. The SMILES string of the molecule is CCc1cc(-c2n[nH]c(C)c2Oc2ccc(Cl)cc2)c(O)cc1O. The zero-order valence-corrected chi connectivity index (χ0v) is 14.1. The van der Waals surface area contributed by atoms with Gasteiger partial charge in [-0.05, 0) is 49.2 Å². The summed E-state index contributed by atoms with van der Waals surface area (Å²) in [5.74, 6) is 1.13. The molecule has 24 heavy (non-hydrogen) atoms. The van der Waals surface area contributed by atoms with Gasteiger partial charge in [-0.3, -0.25) is 5.10 Å². The van der Waals surface area contributed by atoms with Crippen LogP contribution in [-0.4, -0.2) is 20.4 Å². The Morgan fingerprint density at radius 2 is 1.83 bits per heavy atom. The van der Waals surface area contributed by atoms with Crippen LogP contribution >= 0.6 is 11.6 Å². The second-order valence-corrected chi connectivity index (χ2v) is 5.87. The second-order valence-electron chi connectivity index (χ2n) is 5.43. The van der Waals surface area contributed by atoms with Crippen molar-refractivity contribution in [3.05, 3.63) is 52.7 Å². The van der Waals surface area contributed by atoms with Crippen LogP contribution in [0.1, 0.15) is 18.2 Å². The average Bonchev–Trinajstić information content (AvgIpc) is 2.91. The van der Waals surface area contributed by atoms with Crippen molar-refractivity contribution in [2.75, 3.05) is 0 Å². The van der Waals surface area contributed by atoms with Crippen LogP contribution in [0.15, 0.2) is 36.4 Å². The highest BCUT2D eigenvalue weighted by atomic mass is 35.5. The van der Waals surface area contributed by atoms with Crippen molar-refractivity contribution < 1.29 is 14.9 Å². The van der Waals surface area contributed by atoms with Crippen molar-refractivity contribution in [2.45, 2.75) is 20.3 Å². The molecule has 0 saturated carbocycles. The first-order chi connectivity index (χ1) is 11.5. The molecule has 0 amide bonds. The van der Waals surface area contributed by atoms with Gasteiger partial charge < -0.3 is 14.9 Å². The maximum Gasteiger partial charge on any atom is 0.176 e. The monoisotopic (exact) mass is 344 g/mol. The van der Waals surface area contributed by atoms with E-state index in [2.05, 4.69) is 10.2 Å². The second kappa shape index (κ2) is 6.45. The number of H-pyrrole nitrogens is 1. The molecule has 0 saturated heterocycles. The molecule has 0 fully saturated rings. The largest absolute Gasteiger partial charge is 0.508 e. The number of phenolic OH excluding ortho intramolecular Hbond substituents is 2. The lowest BCUT2D eigenvalue weighted by Crippen LogP contribution is -1.90. The van der Waals surface area contributed by atoms with Gasteiger partial charge in [-0.25, -0.2) is 0 Å². The highest BCUT2D eigenvalue weighted by Gasteiger charge is 2.19. The van der Waals surface area contributed by atoms with E-state index in [1.54, 1.807) is 30.3 Å². The molecule has 6 heteroatoms. The third-order valence-corrected chi connectivity index (χ3v) is 4.01. The van der Waals surface area contributed by atoms with E-state index in [9.17, 15) is 10.2 Å². The predicted octanol–water partition coefficient (Wildman–Crippen LogP) is 4.80. The number of aromatic amines is 1. The lowest BCUT2D eigenvalue weighted by molar-refractivity contribution is 0.446. The van der Waals surface area contributed by atoms with Gasteiger partial charge in [0, 0.05) is 16.7 Å². The molecular weight excluding hydrogens is 328 g/mol. The summed E-state index contributed by atoms with van der Waals surface area (Å²) < 4.78 is 5.92. The number of aromatic hydroxyl groups is 2. The smallest absolute Gasteiger partial charge is 0.176 e. The first kappa shape index (κ1) is 16.2. The molecule has 0 unspecified atom stereocenters. The molecule has 1 heterocycles. The van der Waals surface area contributed by atoms with Crippen LogP contribution in [0.4, 0.5) is 0 Å². The Morgan fingerprint density at radius 1 is 1.12 bits per heavy atom. The highest BCUT2D eigenvalue weighted by Crippen LogP contribution is 2.41. The van der Waals surface area contributed by atoms with Gasteiger partial charge in [-0.1, -0.05) is 18.5 Å². The molecule has 3 N–H and O–H groups in total. The molecule has 0 aliphatic heterocycles. The Labute approximate surface area is 144 Å². The summed E-state index contributed by atoms with van der Waals surface area (Å²) in [5, 5.41) is 27.8. The number of aromatic nitrogens is 2. The van der Waals surface area contributed by atoms with Crippen LogP contribution in [0.5, 0.6) is 23.0 Å². The lowest BCUT2D eigenvalue weighted by Gasteiger charge is -2.10. The van der Waals surface area contributed by atoms with Gasteiger partial charge in [0.05, 0.1) is 5.69 Å². The fourth-order valence-electron chi connectivity index (χ4n) is 2.44. The van der Waals surface area contributed by atoms with Crippen molar-refractivity contribution in [1.29, 1.82) is 0 Å². The Morgan fingerprint density at radius 3 is 2.50 bits per heavy atom. The highest BCUT2D eigenvalue weighted by molar-refractivity contribution is 6.30. The van der Waals surface area contributed by atoms with Crippen molar-refractivity contribution in [3.8, 4) is 34.3 Å². The molecule has 0 aliphatic rings. The Kier molecular flexibility index (Phi) is 4.36. The Bertz CT molecular complexity index is 873. The fourth-order valence-corrected chi connectivity index (χ4v) is 2.57. The minimum Gasteiger partial charge on any atom is -0.508 e. The van der Waals surface area contributed by atoms with Crippen LogP contribution < -0.4 is 4.74 Å². The molecule has 0 atom stereocenters. The van der Waals surface area contributed by atoms with E-state index in [1.807, 2.05) is 13.8 Å². The van der Waals surface area contributed by atoms with Gasteiger partial charge in [0.25, 0.3) is 0 Å². The number of ether oxygens (including phenoxy) is 1. The van der Waals surface area contributed by atoms with Crippen molar-refractivity contribution in [2.24, 2.45) is 0 Å². The summed E-state index contributed by atoms with van der Waals surface area (Å²) in [7, 11) is 0. The Hall–Kier alpha value is -2.66. The molecular formula is C18H17ClN2O3. The first-order valence-corrected chi connectivity index (χ1v) is 7.91. The van der Waals surface area contributed by atoms with Gasteiger partial charge in [0.1, 0.15) is 22.9 Å². The summed E-state index contributed by atoms with van der Waals surface area (Å²) in [6.45, 7) is 3.76. The summed E-state index contributed by atoms with van der Waals surface area (Å²) in [4.78, 5) is 0. The van der Waals surface area contributed by atoms with Gasteiger partial charge in [0.15, 0.2) is 5.75 Å². The normalized spacial score (nSPS) is 10.8. The number of aryl methyl sites for hydroxylation is 2. The van der Waals surface area contributed by atoms with Gasteiger partial charge in [-0.15, -0.1) is 0 Å². The van der Waals surface area contributed by atoms with Gasteiger partial charge in [-0.2, -0.15) is 5.10 Å². The van der Waals surface area contributed by atoms with Crippen LogP contribution in [0.3, 0.4) is 0 Å². The number of benzene rings is 2. The molecule has 5 nitrogen and oxygen atoms in total. The molecule has 2 aromatic carbocycles. The summed E-state index contributed by atoms with van der Waals surface area (Å²) in [6.07, 6.45) is 0.635. The van der Waals surface area contributed by atoms with Crippen LogP contribution in [0.25, 0.3) is 11.3 Å². The van der Waals surface area contributed by atoms with E-state index >= 15 is 0 Å². The number of nitrogens with zero attached hydrogens (tertiary/aromatic N) is 1. The molecule has 0 bridgehead atoms. The maximum absolute atomic E-state index is 10.2. The summed E-state index contributed by atoms with van der Waals surface area (Å²) >= 11 is 5.89. The number of hydrogen-bond acceptors (Lipinski definition) is 4. The summed E-state index contributed by atoms with van der Waals surface area (Å²) in [5.41, 5.74) is 2.43. The molecule has 3 aromatic rings. The lowest BCUT2D eigenvalue weighted by atomic mass is 10.0. The minimum absolute atomic E-state index is 0.0582. The molecule has 124 valence electrons. The zero-order valence-electron chi connectivity index (χ0n) is 13.3. The number of nitrogens with one attached hydrogen (secondary N) is 1. The quantitative estimate of drug-likeness (QED) is 0.635. The Balaban J connectivity index is 2.06. The van der Waals surface area contributed by atoms with E-state index in [1.165, 1.54) is 6.07 Å². The first-order valence-electron chi connectivity index (χ1n) is 7.53. The maximum atomic E-state index is 10.2. The zero-order chi connectivity index (χ0) is 17.3.